The maximum absolute atomic E-state index is 13.1. The zero-order valence-corrected chi connectivity index (χ0v) is 14.8. The zero-order chi connectivity index (χ0) is 18.0. The Kier molecular flexibility index (Phi) is 4.91. The minimum atomic E-state index is -0.284. The fourth-order valence-electron chi connectivity index (χ4n) is 2.91. The van der Waals surface area contributed by atoms with Gasteiger partial charge in [-0.1, -0.05) is 17.7 Å². The van der Waals surface area contributed by atoms with E-state index in [0.29, 0.717) is 10.6 Å². The Bertz CT molecular complexity index is 916. The van der Waals surface area contributed by atoms with Crippen LogP contribution in [0, 0.1) is 19.7 Å². The molecule has 1 N–H and O–H groups in total. The second kappa shape index (κ2) is 7.11. The smallest absolute Gasteiger partial charge is 0.183 e. The van der Waals surface area contributed by atoms with Crippen LogP contribution in [0.2, 0.25) is 5.02 Å². The molecule has 0 aliphatic heterocycles. The van der Waals surface area contributed by atoms with Gasteiger partial charge in [0.05, 0.1) is 6.54 Å². The van der Waals surface area contributed by atoms with Crippen LogP contribution >= 0.6 is 11.6 Å². The number of benzene rings is 2. The largest absolute Gasteiger partial charge is 0.378 e. The number of carbonyl (C=O) groups is 1. The molecule has 5 heteroatoms. The Labute approximate surface area is 151 Å². The minimum Gasteiger partial charge on any atom is -0.378 e. The van der Waals surface area contributed by atoms with Crippen molar-refractivity contribution < 1.29 is 9.18 Å². The quantitative estimate of drug-likeness (QED) is 0.639. The molecule has 3 aromatic rings. The average Bonchev–Trinajstić information content (AvgIpc) is 2.88. The molecule has 3 rings (SSSR count). The second-order valence-corrected chi connectivity index (χ2v) is 6.32. The number of ketones is 1. The van der Waals surface area contributed by atoms with E-state index in [0.717, 1.165) is 22.8 Å². The van der Waals surface area contributed by atoms with Gasteiger partial charge in [-0.15, -0.1) is 0 Å². The first kappa shape index (κ1) is 17.2. The van der Waals surface area contributed by atoms with Crippen molar-refractivity contribution in [2.75, 3.05) is 11.9 Å². The normalized spacial score (nSPS) is 10.7. The summed E-state index contributed by atoms with van der Waals surface area (Å²) >= 11 is 5.95. The van der Waals surface area contributed by atoms with Crippen LogP contribution in [0.4, 0.5) is 10.1 Å². The van der Waals surface area contributed by atoms with Crippen LogP contribution in [0.1, 0.15) is 21.7 Å². The maximum atomic E-state index is 13.1. The SMILES string of the molecule is Cc1cc(C(=O)CNc2cccc(Cl)c2)c(C)n1-c1ccc(F)cc1. The predicted molar refractivity (Wildman–Crippen MR) is 99.5 cm³/mol. The van der Waals surface area contributed by atoms with Crippen molar-refractivity contribution in [2.24, 2.45) is 0 Å². The average molecular weight is 357 g/mol. The van der Waals surface area contributed by atoms with Crippen LogP contribution in [0.3, 0.4) is 0 Å². The van der Waals surface area contributed by atoms with Gasteiger partial charge in [-0.25, -0.2) is 4.39 Å². The molecule has 0 aliphatic rings. The molecule has 0 radical (unpaired) electrons. The summed E-state index contributed by atoms with van der Waals surface area (Å²) in [6.45, 7) is 3.99. The minimum absolute atomic E-state index is 0.0126. The number of nitrogens with zero attached hydrogens (tertiary/aromatic N) is 1. The van der Waals surface area contributed by atoms with E-state index in [9.17, 15) is 9.18 Å². The highest BCUT2D eigenvalue weighted by molar-refractivity contribution is 6.30. The summed E-state index contributed by atoms with van der Waals surface area (Å²) < 4.78 is 15.1. The van der Waals surface area contributed by atoms with Crippen LogP contribution in [0.5, 0.6) is 0 Å². The highest BCUT2D eigenvalue weighted by Crippen LogP contribution is 2.22. The van der Waals surface area contributed by atoms with E-state index < -0.39 is 0 Å². The molecular weight excluding hydrogens is 339 g/mol. The van der Waals surface area contributed by atoms with Crippen LogP contribution in [-0.4, -0.2) is 16.9 Å². The lowest BCUT2D eigenvalue weighted by Gasteiger charge is -2.10. The number of Topliss-reactive ketones (excluding diaryl/α,β-unsaturated/α-hetero) is 1. The van der Waals surface area contributed by atoms with Crippen molar-refractivity contribution in [3.8, 4) is 5.69 Å². The molecule has 0 saturated carbocycles. The number of aryl methyl sites for hydroxylation is 1. The van der Waals surface area contributed by atoms with Gasteiger partial charge in [0.15, 0.2) is 5.78 Å². The van der Waals surface area contributed by atoms with Crippen LogP contribution in [-0.2, 0) is 0 Å². The van der Waals surface area contributed by atoms with Crippen molar-refractivity contribution in [1.82, 2.24) is 4.57 Å². The number of anilines is 1. The first-order chi connectivity index (χ1) is 12.0. The maximum Gasteiger partial charge on any atom is 0.183 e. The summed E-state index contributed by atoms with van der Waals surface area (Å²) in [6.07, 6.45) is 0. The summed E-state index contributed by atoms with van der Waals surface area (Å²) in [7, 11) is 0. The van der Waals surface area contributed by atoms with E-state index in [4.69, 9.17) is 11.6 Å². The van der Waals surface area contributed by atoms with Crippen molar-refractivity contribution in [2.45, 2.75) is 13.8 Å². The zero-order valence-electron chi connectivity index (χ0n) is 14.0. The molecule has 0 amide bonds. The molecule has 1 aromatic heterocycles. The predicted octanol–water partition coefficient (Wildman–Crippen LogP) is 5.18. The summed E-state index contributed by atoms with van der Waals surface area (Å²) in [4.78, 5) is 12.6. The Morgan fingerprint density at radius 3 is 2.52 bits per heavy atom. The van der Waals surface area contributed by atoms with Gasteiger partial charge >= 0.3 is 0 Å². The molecular formula is C20H18ClFN2O. The third-order valence-electron chi connectivity index (χ3n) is 4.09. The molecule has 128 valence electrons. The molecule has 2 aromatic carbocycles. The molecule has 1 heterocycles. The van der Waals surface area contributed by atoms with Crippen molar-refractivity contribution in [3.05, 3.63) is 82.4 Å². The fraction of sp³-hybridized carbons (Fsp3) is 0.150. The molecule has 0 aliphatic carbocycles. The van der Waals surface area contributed by atoms with Crippen molar-refractivity contribution in [3.63, 3.8) is 0 Å². The highest BCUT2D eigenvalue weighted by atomic mass is 35.5. The van der Waals surface area contributed by atoms with Crippen LogP contribution < -0.4 is 5.32 Å². The van der Waals surface area contributed by atoms with E-state index in [1.807, 2.05) is 36.6 Å². The molecule has 0 fully saturated rings. The first-order valence-corrected chi connectivity index (χ1v) is 8.31. The summed E-state index contributed by atoms with van der Waals surface area (Å²) in [5.41, 5.74) is 4.04. The second-order valence-electron chi connectivity index (χ2n) is 5.88. The Morgan fingerprint density at radius 2 is 1.84 bits per heavy atom. The van der Waals surface area contributed by atoms with E-state index >= 15 is 0 Å². The number of hydrogen-bond acceptors (Lipinski definition) is 2. The van der Waals surface area contributed by atoms with E-state index in [1.165, 1.54) is 12.1 Å². The number of rotatable bonds is 5. The topological polar surface area (TPSA) is 34.0 Å². The highest BCUT2D eigenvalue weighted by Gasteiger charge is 2.16. The number of carbonyl (C=O) groups excluding carboxylic acids is 1. The molecule has 0 atom stereocenters. The number of halogens is 2. The lowest BCUT2D eigenvalue weighted by Crippen LogP contribution is -2.14. The van der Waals surface area contributed by atoms with Gasteiger partial charge in [0.25, 0.3) is 0 Å². The van der Waals surface area contributed by atoms with E-state index in [2.05, 4.69) is 5.32 Å². The van der Waals surface area contributed by atoms with Crippen molar-refractivity contribution in [1.29, 1.82) is 0 Å². The molecule has 0 saturated heterocycles. The summed E-state index contributed by atoms with van der Waals surface area (Å²) in [6, 6.07) is 15.3. The van der Waals surface area contributed by atoms with Gasteiger partial charge in [0.2, 0.25) is 0 Å². The van der Waals surface area contributed by atoms with Gasteiger partial charge in [0, 0.05) is 33.3 Å². The number of aromatic nitrogens is 1. The van der Waals surface area contributed by atoms with Crippen LogP contribution in [0.25, 0.3) is 5.69 Å². The summed E-state index contributed by atoms with van der Waals surface area (Å²) in [5.74, 6) is -0.297. The monoisotopic (exact) mass is 356 g/mol. The molecule has 0 unspecified atom stereocenters. The third-order valence-corrected chi connectivity index (χ3v) is 4.33. The molecule has 25 heavy (non-hydrogen) atoms. The Balaban J connectivity index is 1.82. The van der Waals surface area contributed by atoms with Gasteiger partial charge in [-0.2, -0.15) is 0 Å². The summed E-state index contributed by atoms with van der Waals surface area (Å²) in [5, 5.41) is 3.71. The van der Waals surface area contributed by atoms with Gasteiger partial charge in [0.1, 0.15) is 5.82 Å². The lowest BCUT2D eigenvalue weighted by atomic mass is 10.1. The lowest BCUT2D eigenvalue weighted by molar-refractivity contribution is 0.101. The van der Waals surface area contributed by atoms with Gasteiger partial charge < -0.3 is 9.88 Å². The third kappa shape index (κ3) is 3.74. The van der Waals surface area contributed by atoms with E-state index in [-0.39, 0.29) is 18.1 Å². The van der Waals surface area contributed by atoms with Crippen LogP contribution in [0.15, 0.2) is 54.6 Å². The van der Waals surface area contributed by atoms with Gasteiger partial charge in [-0.3, -0.25) is 4.79 Å². The number of hydrogen-bond donors (Lipinski definition) is 1. The molecule has 0 bridgehead atoms. The number of nitrogens with one attached hydrogen (secondary N) is 1. The Hall–Kier alpha value is -2.59. The molecule has 3 nitrogen and oxygen atoms in total. The first-order valence-electron chi connectivity index (χ1n) is 7.93. The van der Waals surface area contributed by atoms with Gasteiger partial charge in [-0.05, 0) is 62.4 Å². The van der Waals surface area contributed by atoms with Crippen molar-refractivity contribution >= 4 is 23.1 Å². The Morgan fingerprint density at radius 1 is 1.12 bits per heavy atom. The fourth-order valence-corrected chi connectivity index (χ4v) is 3.10. The standard InChI is InChI=1S/C20H18ClFN2O/c1-13-10-19(14(2)24(13)18-8-6-16(22)7-9-18)20(25)12-23-17-5-3-4-15(21)11-17/h3-11,23H,12H2,1-2H3. The molecule has 0 spiro atoms. The van der Waals surface area contributed by atoms with E-state index in [1.54, 1.807) is 24.3 Å².